The van der Waals surface area contributed by atoms with Crippen LogP contribution in [0.3, 0.4) is 0 Å². The Kier molecular flexibility index (Phi) is 3.59. The van der Waals surface area contributed by atoms with Gasteiger partial charge in [-0.2, -0.15) is 0 Å². The van der Waals surface area contributed by atoms with Crippen LogP contribution in [0.25, 0.3) is 0 Å². The fourth-order valence-electron chi connectivity index (χ4n) is 0.929. The minimum atomic E-state index is 0.446. The van der Waals surface area contributed by atoms with E-state index < -0.39 is 0 Å². The van der Waals surface area contributed by atoms with Gasteiger partial charge in [0.15, 0.2) is 6.29 Å². The molecule has 0 radical (unpaired) electrons. The Bertz CT molecular complexity index is 323. The van der Waals surface area contributed by atoms with Crippen molar-refractivity contribution >= 4 is 6.29 Å². The molecule has 1 aromatic carbocycles. The Labute approximate surface area is 77.5 Å². The Balaban J connectivity index is 2.65. The lowest BCUT2D eigenvalue weighted by atomic mass is 10.2. The molecule has 0 atom stereocenters. The van der Waals surface area contributed by atoms with Crippen LogP contribution in [-0.4, -0.2) is 12.9 Å². The SMILES string of the molecule is C#CCCOc1ccccc1C=O. The molecule has 0 saturated heterocycles. The van der Waals surface area contributed by atoms with E-state index in [1.807, 2.05) is 6.07 Å². The zero-order valence-electron chi connectivity index (χ0n) is 7.19. The summed E-state index contributed by atoms with van der Waals surface area (Å²) in [7, 11) is 0. The van der Waals surface area contributed by atoms with Gasteiger partial charge in [0.25, 0.3) is 0 Å². The Morgan fingerprint density at radius 2 is 2.23 bits per heavy atom. The van der Waals surface area contributed by atoms with Crippen molar-refractivity contribution in [1.29, 1.82) is 0 Å². The first-order valence-corrected chi connectivity index (χ1v) is 3.99. The van der Waals surface area contributed by atoms with E-state index in [2.05, 4.69) is 5.92 Å². The molecule has 0 unspecified atom stereocenters. The molecule has 0 aliphatic rings. The summed E-state index contributed by atoms with van der Waals surface area (Å²) >= 11 is 0. The summed E-state index contributed by atoms with van der Waals surface area (Å²) in [6, 6.07) is 7.06. The molecule has 1 rings (SSSR count). The van der Waals surface area contributed by atoms with Crippen molar-refractivity contribution in [3.05, 3.63) is 29.8 Å². The first-order chi connectivity index (χ1) is 6.38. The number of hydrogen-bond donors (Lipinski definition) is 0. The topological polar surface area (TPSA) is 26.3 Å². The van der Waals surface area contributed by atoms with Gasteiger partial charge in [-0.3, -0.25) is 4.79 Å². The molecule has 0 saturated carbocycles. The van der Waals surface area contributed by atoms with Crippen molar-refractivity contribution in [2.45, 2.75) is 6.42 Å². The minimum absolute atomic E-state index is 0.446. The lowest BCUT2D eigenvalue weighted by Gasteiger charge is -2.05. The fraction of sp³-hybridized carbons (Fsp3) is 0.182. The van der Waals surface area contributed by atoms with E-state index in [0.717, 1.165) is 6.29 Å². The second kappa shape index (κ2) is 5.00. The molecule has 66 valence electrons. The summed E-state index contributed by atoms with van der Waals surface area (Å²) in [6.07, 6.45) is 6.38. The molecule has 2 nitrogen and oxygen atoms in total. The number of carbonyl (C=O) groups is 1. The van der Waals surface area contributed by atoms with Crippen LogP contribution in [0, 0.1) is 12.3 Å². The summed E-state index contributed by atoms with van der Waals surface area (Å²) < 4.78 is 5.29. The number of para-hydroxylation sites is 1. The van der Waals surface area contributed by atoms with Crippen LogP contribution >= 0.6 is 0 Å². The van der Waals surface area contributed by atoms with Crippen molar-refractivity contribution in [1.82, 2.24) is 0 Å². The van der Waals surface area contributed by atoms with Crippen LogP contribution in [0.4, 0.5) is 0 Å². The maximum atomic E-state index is 10.5. The Morgan fingerprint density at radius 3 is 2.92 bits per heavy atom. The summed E-state index contributed by atoms with van der Waals surface area (Å²) in [6.45, 7) is 0.446. The quantitative estimate of drug-likeness (QED) is 0.396. The van der Waals surface area contributed by atoms with Crippen molar-refractivity contribution in [3.63, 3.8) is 0 Å². The second-order valence-electron chi connectivity index (χ2n) is 2.46. The molecule has 0 aliphatic carbocycles. The van der Waals surface area contributed by atoms with Gasteiger partial charge < -0.3 is 4.74 Å². The molecule has 13 heavy (non-hydrogen) atoms. The van der Waals surface area contributed by atoms with Crippen LogP contribution in [0.15, 0.2) is 24.3 Å². The standard InChI is InChI=1S/C11H10O2/c1-2-3-8-13-11-7-5-4-6-10(11)9-12/h1,4-7,9H,3,8H2. The van der Waals surface area contributed by atoms with E-state index in [0.29, 0.717) is 24.3 Å². The van der Waals surface area contributed by atoms with Crippen LogP contribution in [0.5, 0.6) is 5.75 Å². The molecular weight excluding hydrogens is 164 g/mol. The first kappa shape index (κ1) is 9.34. The number of benzene rings is 1. The third-order valence-corrected chi connectivity index (χ3v) is 1.55. The molecule has 0 aliphatic heterocycles. The number of rotatable bonds is 4. The molecule has 0 spiro atoms. The number of hydrogen-bond acceptors (Lipinski definition) is 2. The summed E-state index contributed by atoms with van der Waals surface area (Å²) in [4.78, 5) is 10.5. The molecular formula is C11H10O2. The van der Waals surface area contributed by atoms with E-state index in [-0.39, 0.29) is 0 Å². The highest BCUT2D eigenvalue weighted by Crippen LogP contribution is 2.15. The number of terminal acetylenes is 1. The molecule has 0 N–H and O–H groups in total. The van der Waals surface area contributed by atoms with Crippen LogP contribution in [0.2, 0.25) is 0 Å². The van der Waals surface area contributed by atoms with E-state index >= 15 is 0 Å². The summed E-state index contributed by atoms with van der Waals surface area (Å²) in [5.41, 5.74) is 0.555. The number of ether oxygens (including phenoxy) is 1. The zero-order chi connectivity index (χ0) is 9.52. The van der Waals surface area contributed by atoms with Crippen LogP contribution < -0.4 is 4.74 Å². The van der Waals surface area contributed by atoms with E-state index in [1.54, 1.807) is 18.2 Å². The van der Waals surface area contributed by atoms with Gasteiger partial charge >= 0.3 is 0 Å². The van der Waals surface area contributed by atoms with Gasteiger partial charge in [-0.1, -0.05) is 12.1 Å². The number of aldehydes is 1. The van der Waals surface area contributed by atoms with Crippen LogP contribution in [-0.2, 0) is 0 Å². The maximum Gasteiger partial charge on any atom is 0.153 e. The average Bonchev–Trinajstić information content (AvgIpc) is 2.19. The van der Waals surface area contributed by atoms with Crippen LogP contribution in [0.1, 0.15) is 16.8 Å². The van der Waals surface area contributed by atoms with Gasteiger partial charge in [0.05, 0.1) is 12.2 Å². The highest BCUT2D eigenvalue weighted by atomic mass is 16.5. The van der Waals surface area contributed by atoms with Gasteiger partial charge in [0.1, 0.15) is 5.75 Å². The monoisotopic (exact) mass is 174 g/mol. The van der Waals surface area contributed by atoms with Crippen molar-refractivity contribution < 1.29 is 9.53 Å². The maximum absolute atomic E-state index is 10.5. The minimum Gasteiger partial charge on any atom is -0.492 e. The van der Waals surface area contributed by atoms with Gasteiger partial charge in [0, 0.05) is 6.42 Å². The zero-order valence-corrected chi connectivity index (χ0v) is 7.19. The molecule has 1 aromatic rings. The summed E-state index contributed by atoms with van der Waals surface area (Å²) in [5.74, 6) is 3.05. The van der Waals surface area contributed by atoms with Gasteiger partial charge in [0.2, 0.25) is 0 Å². The third kappa shape index (κ3) is 2.64. The van der Waals surface area contributed by atoms with Crippen molar-refractivity contribution in [2.75, 3.05) is 6.61 Å². The predicted octanol–water partition coefficient (Wildman–Crippen LogP) is 1.90. The highest BCUT2D eigenvalue weighted by Gasteiger charge is 1.99. The lowest BCUT2D eigenvalue weighted by Crippen LogP contribution is -1.98. The third-order valence-electron chi connectivity index (χ3n) is 1.55. The molecule has 0 fully saturated rings. The van der Waals surface area contributed by atoms with E-state index in [4.69, 9.17) is 11.2 Å². The molecule has 0 heterocycles. The average molecular weight is 174 g/mol. The predicted molar refractivity (Wildman–Crippen MR) is 50.8 cm³/mol. The lowest BCUT2D eigenvalue weighted by molar-refractivity contribution is 0.111. The van der Waals surface area contributed by atoms with Gasteiger partial charge in [-0.15, -0.1) is 12.3 Å². The molecule has 0 aromatic heterocycles. The molecule has 0 bridgehead atoms. The van der Waals surface area contributed by atoms with Crippen molar-refractivity contribution in [2.24, 2.45) is 0 Å². The highest BCUT2D eigenvalue weighted by molar-refractivity contribution is 5.79. The fourth-order valence-corrected chi connectivity index (χ4v) is 0.929. The van der Waals surface area contributed by atoms with Crippen molar-refractivity contribution in [3.8, 4) is 18.1 Å². The van der Waals surface area contributed by atoms with E-state index in [9.17, 15) is 4.79 Å². The second-order valence-corrected chi connectivity index (χ2v) is 2.46. The largest absolute Gasteiger partial charge is 0.492 e. The Hall–Kier alpha value is -1.75. The summed E-state index contributed by atoms with van der Waals surface area (Å²) in [5, 5.41) is 0. The smallest absolute Gasteiger partial charge is 0.153 e. The molecule has 2 heteroatoms. The van der Waals surface area contributed by atoms with Gasteiger partial charge in [-0.25, -0.2) is 0 Å². The molecule has 0 amide bonds. The van der Waals surface area contributed by atoms with Gasteiger partial charge in [-0.05, 0) is 12.1 Å². The Morgan fingerprint density at radius 1 is 1.46 bits per heavy atom. The van der Waals surface area contributed by atoms with E-state index in [1.165, 1.54) is 0 Å². The normalized spacial score (nSPS) is 8.85. The first-order valence-electron chi connectivity index (χ1n) is 3.99. The number of carbonyl (C=O) groups excluding carboxylic acids is 1.